The first-order chi connectivity index (χ1) is 29.0. The molecule has 4 amide bonds. The molecule has 60 heavy (non-hydrogen) atoms. The molecule has 3 saturated heterocycles. The number of nitrogens with one attached hydrogen (secondary N) is 4. The van der Waals surface area contributed by atoms with Crippen LogP contribution in [0.3, 0.4) is 0 Å². The fraction of sp³-hybridized carbons (Fsp3) is 0.511. The topological polar surface area (TPSA) is 184 Å². The molecule has 2 aromatic carbocycles. The largest absolute Gasteiger partial charge is 0.453 e. The molecule has 3 unspecified atom stereocenters. The number of ether oxygens (including phenoxy) is 3. The number of aromatic nitrogens is 4. The summed E-state index contributed by atoms with van der Waals surface area (Å²) in [4.78, 5) is 72.8. The number of hydrogen-bond acceptors (Lipinski definition) is 9. The molecule has 9 rings (SSSR count). The first-order valence-electron chi connectivity index (χ1n) is 21.1. The zero-order chi connectivity index (χ0) is 41.8. The number of nitrogens with zero attached hydrogens (tertiary/aromatic N) is 4. The average Bonchev–Trinajstić information content (AvgIpc) is 3.73. The highest BCUT2D eigenvalue weighted by Crippen LogP contribution is 2.58. The van der Waals surface area contributed by atoms with E-state index in [2.05, 4.69) is 74.7 Å². The van der Waals surface area contributed by atoms with E-state index < -0.39 is 24.3 Å². The van der Waals surface area contributed by atoms with Crippen LogP contribution < -0.4 is 10.6 Å². The molecule has 0 radical (unpaired) electrons. The van der Waals surface area contributed by atoms with Crippen LogP contribution in [0.15, 0.2) is 48.8 Å². The van der Waals surface area contributed by atoms with Gasteiger partial charge in [-0.15, -0.1) is 0 Å². The molecule has 15 heteroatoms. The third-order valence-electron chi connectivity index (χ3n) is 13.4. The minimum absolute atomic E-state index is 0.0337. The van der Waals surface area contributed by atoms with Gasteiger partial charge in [0.2, 0.25) is 11.8 Å². The fourth-order valence-electron chi connectivity index (χ4n) is 9.97. The van der Waals surface area contributed by atoms with Crippen LogP contribution in [-0.2, 0) is 23.8 Å². The lowest BCUT2D eigenvalue weighted by Gasteiger charge is -2.35. The number of H-pyrrole nitrogens is 2. The number of amides is 4. The standard InChI is InChI=1S/C45H52N8O7/c1-23(2)37(50-44(56)58-4)42(54)52-34-18-30(34)19-35(52)40-46-21-31(48-40)11-7-25-6-8-28-17-29(10-9-27(28)16-25)33-22-47-41(49-33)36-20-32-24(3)39(32)53(36)43(55)38(51-45(57)59-5)26-12-14-60-15-13-26/h6,8-10,16-17,21-24,26,30,32,34-39H,12-15,18-20H2,1-5H3,(H,46,48)(H,47,49)(H,50,56)(H,51,57)/t24-,30-,32?,34-,35+,36+,37?,38+,39?/m1/s1. The van der Waals surface area contributed by atoms with Gasteiger partial charge in [0.1, 0.15) is 29.4 Å². The highest BCUT2D eigenvalue weighted by atomic mass is 16.5. The molecule has 5 aliphatic rings. The van der Waals surface area contributed by atoms with Crippen molar-refractivity contribution in [2.45, 2.75) is 89.1 Å². The van der Waals surface area contributed by atoms with Crippen LogP contribution in [0.5, 0.6) is 0 Å². The number of likely N-dealkylation sites (tertiary alicyclic amines) is 2. The van der Waals surface area contributed by atoms with Crippen LogP contribution in [0.1, 0.15) is 87.9 Å². The van der Waals surface area contributed by atoms with Crippen molar-refractivity contribution in [2.24, 2.45) is 29.6 Å². The van der Waals surface area contributed by atoms with E-state index in [1.807, 2.05) is 35.9 Å². The zero-order valence-corrected chi connectivity index (χ0v) is 34.6. The molecule has 3 aliphatic heterocycles. The average molecular weight is 817 g/mol. The number of fused-ring (bicyclic) bond motifs is 3. The molecular weight excluding hydrogens is 765 g/mol. The van der Waals surface area contributed by atoms with E-state index in [4.69, 9.17) is 19.2 Å². The molecule has 15 nitrogen and oxygen atoms in total. The Balaban J connectivity index is 0.887. The third kappa shape index (κ3) is 7.46. The maximum Gasteiger partial charge on any atom is 0.407 e. The van der Waals surface area contributed by atoms with Gasteiger partial charge in [-0.1, -0.05) is 44.9 Å². The van der Waals surface area contributed by atoms with Crippen molar-refractivity contribution in [3.05, 3.63) is 71.7 Å². The second-order valence-electron chi connectivity index (χ2n) is 17.4. The van der Waals surface area contributed by atoms with Crippen LogP contribution in [0.4, 0.5) is 9.59 Å². The Morgan fingerprint density at radius 1 is 0.833 bits per heavy atom. The van der Waals surface area contributed by atoms with Gasteiger partial charge in [-0.3, -0.25) is 9.59 Å². The van der Waals surface area contributed by atoms with Crippen LogP contribution in [-0.4, -0.2) is 105 Å². The number of aromatic amines is 2. The molecule has 4 N–H and O–H groups in total. The monoisotopic (exact) mass is 816 g/mol. The maximum atomic E-state index is 14.3. The van der Waals surface area contributed by atoms with Gasteiger partial charge in [-0.2, -0.15) is 0 Å². The minimum atomic E-state index is -0.691. The summed E-state index contributed by atoms with van der Waals surface area (Å²) in [6.45, 7) is 7.12. The van der Waals surface area contributed by atoms with E-state index in [1.165, 1.54) is 14.2 Å². The first-order valence-corrected chi connectivity index (χ1v) is 21.1. The van der Waals surface area contributed by atoms with E-state index in [0.717, 1.165) is 52.7 Å². The molecule has 2 aliphatic carbocycles. The number of hydrogen-bond donors (Lipinski definition) is 4. The summed E-state index contributed by atoms with van der Waals surface area (Å²) in [5.74, 6) is 8.80. The molecule has 314 valence electrons. The van der Waals surface area contributed by atoms with Gasteiger partial charge >= 0.3 is 12.2 Å². The van der Waals surface area contributed by atoms with Gasteiger partial charge in [0, 0.05) is 36.4 Å². The lowest BCUT2D eigenvalue weighted by Crippen LogP contribution is -2.54. The number of rotatable bonds is 9. The van der Waals surface area contributed by atoms with Gasteiger partial charge in [-0.25, -0.2) is 19.6 Å². The SMILES string of the molecule is COC(=O)NC(C(=O)N1[C@@H]2C[C@@H]2C[C@H]1c1ncc(C#Cc2ccc3cc(-c4cnc([C@@H]5CC6C([C@@H]6C)N5C(=O)[C@@H](NC(=O)OC)C5CCOCC5)[nH]4)ccc3c2)[nH]1)C(C)C. The molecule has 5 heterocycles. The van der Waals surface area contributed by atoms with Gasteiger partial charge < -0.3 is 44.6 Å². The van der Waals surface area contributed by atoms with Gasteiger partial charge in [0.25, 0.3) is 0 Å². The van der Waals surface area contributed by atoms with E-state index in [1.54, 1.807) is 6.20 Å². The summed E-state index contributed by atoms with van der Waals surface area (Å²) in [5.41, 5.74) is 3.34. The Bertz CT molecular complexity index is 2370. The predicted octanol–water partition coefficient (Wildman–Crippen LogP) is 5.45. The number of carbonyl (C=O) groups is 4. The molecule has 2 aromatic heterocycles. The van der Waals surface area contributed by atoms with Crippen molar-refractivity contribution in [2.75, 3.05) is 27.4 Å². The number of imidazole rings is 2. The predicted molar refractivity (Wildman–Crippen MR) is 220 cm³/mol. The number of alkyl carbamates (subject to hydrolysis) is 2. The first kappa shape index (κ1) is 39.6. The molecule has 4 aromatic rings. The van der Waals surface area contributed by atoms with Gasteiger partial charge in [0.05, 0.1) is 44.4 Å². The minimum Gasteiger partial charge on any atom is -0.453 e. The summed E-state index contributed by atoms with van der Waals surface area (Å²) in [6.07, 6.45) is 6.30. The van der Waals surface area contributed by atoms with E-state index in [9.17, 15) is 19.2 Å². The van der Waals surface area contributed by atoms with E-state index >= 15 is 0 Å². The van der Waals surface area contributed by atoms with Crippen molar-refractivity contribution in [1.29, 1.82) is 0 Å². The normalized spacial score (nSPS) is 26.4. The van der Waals surface area contributed by atoms with Gasteiger partial charge in [0.15, 0.2) is 0 Å². The van der Waals surface area contributed by atoms with Crippen LogP contribution >= 0.6 is 0 Å². The molecular formula is C45H52N8O7. The fourth-order valence-corrected chi connectivity index (χ4v) is 9.97. The number of carbonyl (C=O) groups excluding carboxylic acids is 4. The smallest absolute Gasteiger partial charge is 0.407 e. The van der Waals surface area contributed by atoms with Crippen molar-refractivity contribution in [3.63, 3.8) is 0 Å². The van der Waals surface area contributed by atoms with Crippen LogP contribution in [0.2, 0.25) is 0 Å². The van der Waals surface area contributed by atoms with Gasteiger partial charge in [-0.05, 0) is 96.6 Å². The van der Waals surface area contributed by atoms with Crippen molar-refractivity contribution in [3.8, 4) is 23.1 Å². The van der Waals surface area contributed by atoms with Crippen LogP contribution in [0.25, 0.3) is 22.0 Å². The summed E-state index contributed by atoms with van der Waals surface area (Å²) < 4.78 is 15.3. The Morgan fingerprint density at radius 2 is 1.53 bits per heavy atom. The zero-order valence-electron chi connectivity index (χ0n) is 34.6. The van der Waals surface area contributed by atoms with E-state index in [0.29, 0.717) is 55.3 Å². The highest BCUT2D eigenvalue weighted by molar-refractivity contribution is 5.89. The lowest BCUT2D eigenvalue weighted by molar-refractivity contribution is -0.138. The summed E-state index contributed by atoms with van der Waals surface area (Å²) in [5, 5.41) is 7.67. The molecule has 0 bridgehead atoms. The Hall–Kier alpha value is -5.88. The Morgan fingerprint density at radius 3 is 2.30 bits per heavy atom. The summed E-state index contributed by atoms with van der Waals surface area (Å²) >= 11 is 0. The third-order valence-corrected chi connectivity index (χ3v) is 13.4. The molecule has 2 saturated carbocycles. The Kier molecular flexibility index (Phi) is 10.5. The highest BCUT2D eigenvalue weighted by Gasteiger charge is 2.62. The summed E-state index contributed by atoms with van der Waals surface area (Å²) in [6, 6.07) is 10.8. The van der Waals surface area contributed by atoms with Crippen molar-refractivity contribution < 1.29 is 33.4 Å². The molecule has 9 atom stereocenters. The number of benzene rings is 2. The van der Waals surface area contributed by atoms with E-state index in [-0.39, 0.29) is 47.8 Å². The molecule has 0 spiro atoms. The number of methoxy groups -OCH3 is 2. The quantitative estimate of drug-likeness (QED) is 0.160. The second-order valence-corrected chi connectivity index (χ2v) is 17.4. The van der Waals surface area contributed by atoms with Crippen molar-refractivity contribution >= 4 is 34.8 Å². The van der Waals surface area contributed by atoms with Crippen molar-refractivity contribution in [1.82, 2.24) is 40.4 Å². The second kappa shape index (κ2) is 15.9. The number of piperidine rings is 2. The lowest BCUT2D eigenvalue weighted by atomic mass is 9.90. The maximum absolute atomic E-state index is 14.3. The Labute approximate surface area is 348 Å². The molecule has 5 fully saturated rings. The summed E-state index contributed by atoms with van der Waals surface area (Å²) in [7, 11) is 2.61. The van der Waals surface area contributed by atoms with Crippen LogP contribution in [0, 0.1) is 41.4 Å².